The number of aliphatic hydroxyl groups is 3. The summed E-state index contributed by atoms with van der Waals surface area (Å²) < 4.78 is 10.7. The average Bonchev–Trinajstić information content (AvgIpc) is 2.89. The zero-order valence-electron chi connectivity index (χ0n) is 13.7. The number of allylic oxidation sites excluding steroid dienone is 1. The highest BCUT2D eigenvalue weighted by molar-refractivity contribution is 4.91. The number of hydrogen-bond acceptors (Lipinski definition) is 5. The van der Waals surface area contributed by atoms with Crippen LogP contribution in [0.1, 0.15) is 58.3 Å². The number of rotatable bonds is 12. The van der Waals surface area contributed by atoms with Gasteiger partial charge in [0, 0.05) is 0 Å². The van der Waals surface area contributed by atoms with Crippen LogP contribution < -0.4 is 0 Å². The van der Waals surface area contributed by atoms with Gasteiger partial charge in [0.1, 0.15) is 18.3 Å². The summed E-state index contributed by atoms with van der Waals surface area (Å²) in [6, 6.07) is 0. The Labute approximate surface area is 133 Å². The quantitative estimate of drug-likeness (QED) is 0.380. The van der Waals surface area contributed by atoms with Crippen molar-refractivity contribution >= 4 is 0 Å². The molecule has 1 fully saturated rings. The van der Waals surface area contributed by atoms with E-state index in [1.54, 1.807) is 6.26 Å². The molecule has 5 nitrogen and oxygen atoms in total. The molecular formula is C17H32O5. The predicted molar refractivity (Wildman–Crippen MR) is 85.5 cm³/mol. The molecule has 1 saturated heterocycles. The molecule has 22 heavy (non-hydrogen) atoms. The van der Waals surface area contributed by atoms with Crippen LogP contribution >= 0.6 is 0 Å². The molecule has 4 atom stereocenters. The van der Waals surface area contributed by atoms with Crippen LogP contribution in [-0.4, -0.2) is 52.9 Å². The van der Waals surface area contributed by atoms with E-state index in [4.69, 9.17) is 14.6 Å². The maximum atomic E-state index is 9.77. The van der Waals surface area contributed by atoms with Gasteiger partial charge in [-0.1, -0.05) is 45.4 Å². The van der Waals surface area contributed by atoms with Gasteiger partial charge in [0.05, 0.1) is 19.5 Å². The van der Waals surface area contributed by atoms with Crippen LogP contribution in [0.2, 0.25) is 0 Å². The lowest BCUT2D eigenvalue weighted by Crippen LogP contribution is -2.41. The Balaban J connectivity index is 2.11. The number of unbranched alkanes of at least 4 members (excludes halogenated alkanes) is 7. The number of hydrogen-bond donors (Lipinski definition) is 3. The van der Waals surface area contributed by atoms with Crippen molar-refractivity contribution in [3.8, 4) is 0 Å². The van der Waals surface area contributed by atoms with Gasteiger partial charge in [-0.2, -0.15) is 0 Å². The molecule has 3 N–H and O–H groups in total. The monoisotopic (exact) mass is 316 g/mol. The summed E-state index contributed by atoms with van der Waals surface area (Å²) in [5, 5.41) is 28.3. The highest BCUT2D eigenvalue weighted by Gasteiger charge is 2.41. The Hall–Kier alpha value is -0.620. The van der Waals surface area contributed by atoms with Crippen molar-refractivity contribution in [2.45, 2.75) is 82.7 Å². The molecular weight excluding hydrogens is 284 g/mol. The van der Waals surface area contributed by atoms with Crippen LogP contribution in [0, 0.1) is 0 Å². The largest absolute Gasteiger partial charge is 0.493 e. The van der Waals surface area contributed by atoms with Crippen LogP contribution in [-0.2, 0) is 9.47 Å². The molecule has 0 radical (unpaired) electrons. The Bertz CT molecular complexity index is 295. The Morgan fingerprint density at radius 1 is 1.18 bits per heavy atom. The van der Waals surface area contributed by atoms with Gasteiger partial charge in [-0.15, -0.1) is 0 Å². The maximum Gasteiger partial charge on any atom is 0.154 e. The van der Waals surface area contributed by atoms with Gasteiger partial charge >= 0.3 is 0 Å². The predicted octanol–water partition coefficient (Wildman–Crippen LogP) is 2.14. The number of ether oxygens (including phenoxy) is 2. The van der Waals surface area contributed by atoms with Crippen molar-refractivity contribution in [1.29, 1.82) is 0 Å². The molecule has 1 aliphatic heterocycles. The highest BCUT2D eigenvalue weighted by Crippen LogP contribution is 2.21. The standard InChI is InChI=1S/C17H32O5/c1-2-3-4-5-6-7-8-9-10-11-21-17-15(20)13-22-16(17)14(19)12-18/h10-11,14-20H,2-9,12-13H2,1H3/b11-10+/t14-,15+,16+,17+/m0/s1. The lowest BCUT2D eigenvalue weighted by molar-refractivity contribution is -0.0721. The van der Waals surface area contributed by atoms with E-state index in [1.165, 1.54) is 38.5 Å². The topological polar surface area (TPSA) is 79.2 Å². The summed E-state index contributed by atoms with van der Waals surface area (Å²) in [6.07, 6.45) is 10.3. The molecule has 0 unspecified atom stereocenters. The summed E-state index contributed by atoms with van der Waals surface area (Å²) >= 11 is 0. The van der Waals surface area contributed by atoms with Gasteiger partial charge in [0.25, 0.3) is 0 Å². The molecule has 1 aliphatic rings. The smallest absolute Gasteiger partial charge is 0.154 e. The molecule has 1 rings (SSSR count). The minimum atomic E-state index is -1.03. The van der Waals surface area contributed by atoms with E-state index in [2.05, 4.69) is 6.92 Å². The third-order valence-electron chi connectivity index (χ3n) is 4.04. The van der Waals surface area contributed by atoms with Gasteiger partial charge < -0.3 is 24.8 Å². The Morgan fingerprint density at radius 3 is 2.55 bits per heavy atom. The van der Waals surface area contributed by atoms with Crippen LogP contribution in [0.4, 0.5) is 0 Å². The van der Waals surface area contributed by atoms with Crippen molar-refractivity contribution in [3.63, 3.8) is 0 Å². The molecule has 0 amide bonds. The SMILES string of the molecule is CCCCCCCCC/C=C/O[C@H]1[C@@H]([C@@H](O)CO)OC[C@H]1O. The molecule has 130 valence electrons. The fourth-order valence-electron chi connectivity index (χ4n) is 2.65. The fraction of sp³-hybridized carbons (Fsp3) is 0.882. The van der Waals surface area contributed by atoms with Crippen molar-refractivity contribution in [3.05, 3.63) is 12.3 Å². The zero-order valence-corrected chi connectivity index (χ0v) is 13.7. The van der Waals surface area contributed by atoms with Crippen LogP contribution in [0.5, 0.6) is 0 Å². The second-order valence-electron chi connectivity index (χ2n) is 6.00. The van der Waals surface area contributed by atoms with E-state index in [9.17, 15) is 10.2 Å². The first-order valence-electron chi connectivity index (χ1n) is 8.59. The highest BCUT2D eigenvalue weighted by atomic mass is 16.6. The number of aliphatic hydroxyl groups excluding tert-OH is 3. The fourth-order valence-corrected chi connectivity index (χ4v) is 2.65. The summed E-state index contributed by atoms with van der Waals surface area (Å²) in [6.45, 7) is 1.94. The third kappa shape index (κ3) is 7.09. The summed E-state index contributed by atoms with van der Waals surface area (Å²) in [5.74, 6) is 0. The molecule has 0 bridgehead atoms. The lowest BCUT2D eigenvalue weighted by Gasteiger charge is -2.22. The van der Waals surface area contributed by atoms with E-state index in [-0.39, 0.29) is 6.61 Å². The Kier molecular flexibility index (Phi) is 10.5. The van der Waals surface area contributed by atoms with E-state index in [0.29, 0.717) is 0 Å². The van der Waals surface area contributed by atoms with E-state index in [1.807, 2.05) is 6.08 Å². The van der Waals surface area contributed by atoms with Gasteiger partial charge in [0.2, 0.25) is 0 Å². The minimum Gasteiger partial charge on any atom is -0.493 e. The molecule has 0 aromatic carbocycles. The minimum absolute atomic E-state index is 0.123. The molecule has 0 spiro atoms. The van der Waals surface area contributed by atoms with E-state index in [0.717, 1.165) is 12.8 Å². The van der Waals surface area contributed by atoms with Crippen molar-refractivity contribution < 1.29 is 24.8 Å². The first kappa shape index (κ1) is 19.4. The van der Waals surface area contributed by atoms with Gasteiger partial charge in [-0.25, -0.2) is 0 Å². The molecule has 5 heteroatoms. The lowest BCUT2D eigenvalue weighted by atomic mass is 10.1. The molecule has 0 aromatic rings. The van der Waals surface area contributed by atoms with Crippen LogP contribution in [0.3, 0.4) is 0 Å². The van der Waals surface area contributed by atoms with Crippen molar-refractivity contribution in [2.24, 2.45) is 0 Å². The van der Waals surface area contributed by atoms with Gasteiger partial charge in [0.15, 0.2) is 6.10 Å². The zero-order chi connectivity index (χ0) is 16.2. The Morgan fingerprint density at radius 2 is 1.86 bits per heavy atom. The first-order chi connectivity index (χ1) is 10.7. The van der Waals surface area contributed by atoms with Crippen molar-refractivity contribution in [2.75, 3.05) is 13.2 Å². The van der Waals surface area contributed by atoms with E-state index < -0.39 is 31.0 Å². The second kappa shape index (κ2) is 11.9. The van der Waals surface area contributed by atoms with E-state index >= 15 is 0 Å². The van der Waals surface area contributed by atoms with Crippen LogP contribution in [0.25, 0.3) is 0 Å². The maximum absolute atomic E-state index is 9.77. The molecule has 1 heterocycles. The summed E-state index contributed by atoms with van der Waals surface area (Å²) in [7, 11) is 0. The molecule has 0 saturated carbocycles. The summed E-state index contributed by atoms with van der Waals surface area (Å²) in [5.41, 5.74) is 0. The molecule has 0 aromatic heterocycles. The van der Waals surface area contributed by atoms with Crippen LogP contribution in [0.15, 0.2) is 12.3 Å². The average molecular weight is 316 g/mol. The normalized spacial score (nSPS) is 26.6. The second-order valence-corrected chi connectivity index (χ2v) is 6.00. The van der Waals surface area contributed by atoms with Crippen molar-refractivity contribution in [1.82, 2.24) is 0 Å². The summed E-state index contributed by atoms with van der Waals surface area (Å²) in [4.78, 5) is 0. The van der Waals surface area contributed by atoms with Gasteiger partial charge in [-0.3, -0.25) is 0 Å². The first-order valence-corrected chi connectivity index (χ1v) is 8.59. The molecule has 0 aliphatic carbocycles. The third-order valence-corrected chi connectivity index (χ3v) is 4.04. The van der Waals surface area contributed by atoms with Gasteiger partial charge in [-0.05, 0) is 18.9 Å².